The Morgan fingerprint density at radius 2 is 1.61 bits per heavy atom. The van der Waals surface area contributed by atoms with Gasteiger partial charge in [0.2, 0.25) is 0 Å². The number of carbonyl (C=O) groups is 2. The number of ether oxygens (including phenoxy) is 1. The monoisotopic (exact) mass is 646 g/mol. The van der Waals surface area contributed by atoms with E-state index in [-0.39, 0.29) is 34.4 Å². The SMILES string of the molecule is Cn1cc(-c2cc(CS(C)(=O)=O)ccc2C(=O)c2ccc(F)cc2)c([C@H](CC(=O)OC(C)(C)C)N[S@@](=O)C(C)(C)C)cc1=O. The first-order valence-corrected chi connectivity index (χ1v) is 17.1. The van der Waals surface area contributed by atoms with Gasteiger partial charge in [-0.05, 0) is 88.6 Å². The Kier molecular flexibility index (Phi) is 10.5. The molecule has 0 radical (unpaired) electrons. The molecule has 0 aliphatic rings. The molecule has 0 bridgehead atoms. The summed E-state index contributed by atoms with van der Waals surface area (Å²) in [6.07, 6.45) is 2.27. The first kappa shape index (κ1) is 35.0. The summed E-state index contributed by atoms with van der Waals surface area (Å²) in [5.41, 5.74) is 0.362. The second-order valence-corrected chi connectivity index (χ2v) is 16.9. The normalized spacial score (nSPS) is 13.8. The fraction of sp³-hybridized carbons (Fsp3) is 0.406. The van der Waals surface area contributed by atoms with E-state index in [1.165, 1.54) is 48.1 Å². The van der Waals surface area contributed by atoms with Gasteiger partial charge in [-0.2, -0.15) is 0 Å². The van der Waals surface area contributed by atoms with Gasteiger partial charge >= 0.3 is 5.97 Å². The number of hydrogen-bond acceptors (Lipinski definition) is 7. The van der Waals surface area contributed by atoms with Gasteiger partial charge in [0, 0.05) is 42.3 Å². The second kappa shape index (κ2) is 13.3. The number of nitrogens with zero attached hydrogens (tertiary/aromatic N) is 1. The molecule has 44 heavy (non-hydrogen) atoms. The van der Waals surface area contributed by atoms with Crippen molar-refractivity contribution >= 4 is 32.6 Å². The minimum atomic E-state index is -3.47. The van der Waals surface area contributed by atoms with Crippen LogP contribution in [0.15, 0.2) is 59.5 Å². The Balaban J connectivity index is 2.34. The molecular weight excluding hydrogens is 607 g/mol. The zero-order valence-corrected chi connectivity index (χ0v) is 27.8. The van der Waals surface area contributed by atoms with E-state index in [0.717, 1.165) is 18.4 Å². The van der Waals surface area contributed by atoms with Gasteiger partial charge in [-0.1, -0.05) is 12.1 Å². The Morgan fingerprint density at radius 3 is 2.16 bits per heavy atom. The number of rotatable bonds is 10. The maximum Gasteiger partial charge on any atom is 0.308 e. The highest BCUT2D eigenvalue weighted by molar-refractivity contribution is 7.89. The van der Waals surface area contributed by atoms with Crippen LogP contribution in [-0.2, 0) is 43.2 Å². The number of benzene rings is 2. The lowest BCUT2D eigenvalue weighted by Gasteiger charge is -2.27. The zero-order chi connectivity index (χ0) is 33.2. The molecular formula is C32H39FN2O7S2. The van der Waals surface area contributed by atoms with Crippen molar-refractivity contribution in [3.05, 3.63) is 93.2 Å². The molecule has 0 amide bonds. The van der Waals surface area contributed by atoms with Crippen LogP contribution in [0.2, 0.25) is 0 Å². The van der Waals surface area contributed by atoms with Crippen molar-refractivity contribution < 1.29 is 31.3 Å². The van der Waals surface area contributed by atoms with Gasteiger partial charge in [-0.15, -0.1) is 0 Å². The van der Waals surface area contributed by atoms with Crippen LogP contribution in [0, 0.1) is 5.82 Å². The van der Waals surface area contributed by atoms with Crippen molar-refractivity contribution in [1.29, 1.82) is 0 Å². The Labute approximate surface area is 260 Å². The molecule has 0 aliphatic carbocycles. The van der Waals surface area contributed by atoms with E-state index in [9.17, 15) is 31.4 Å². The summed E-state index contributed by atoms with van der Waals surface area (Å²) in [6, 6.07) is 9.85. The van der Waals surface area contributed by atoms with Crippen molar-refractivity contribution in [3.63, 3.8) is 0 Å². The van der Waals surface area contributed by atoms with Gasteiger partial charge in [0.1, 0.15) is 11.4 Å². The second-order valence-electron chi connectivity index (χ2n) is 12.7. The van der Waals surface area contributed by atoms with Gasteiger partial charge in [0.05, 0.1) is 33.9 Å². The first-order valence-electron chi connectivity index (χ1n) is 13.9. The minimum absolute atomic E-state index is 0.154. The fourth-order valence-electron chi connectivity index (χ4n) is 4.39. The molecule has 3 rings (SSSR count). The summed E-state index contributed by atoms with van der Waals surface area (Å²) in [5, 5.41) is 0. The number of nitrogens with one attached hydrogen (secondary N) is 1. The molecule has 12 heteroatoms. The lowest BCUT2D eigenvalue weighted by Crippen LogP contribution is -2.38. The number of pyridine rings is 1. The van der Waals surface area contributed by atoms with E-state index in [1.807, 2.05) is 0 Å². The third-order valence-corrected chi connectivity index (χ3v) is 8.85. The number of sulfone groups is 1. The topological polar surface area (TPSA) is 129 Å². The number of esters is 1. The van der Waals surface area contributed by atoms with Crippen LogP contribution in [0.25, 0.3) is 11.1 Å². The number of aromatic nitrogens is 1. The molecule has 0 saturated carbocycles. The Bertz CT molecular complexity index is 1750. The molecule has 0 fully saturated rings. The van der Waals surface area contributed by atoms with E-state index >= 15 is 0 Å². The fourth-order valence-corrected chi connectivity index (χ4v) is 6.00. The highest BCUT2D eigenvalue weighted by Crippen LogP contribution is 2.35. The molecule has 0 spiro atoms. The summed E-state index contributed by atoms with van der Waals surface area (Å²) in [6.45, 7) is 10.4. The largest absolute Gasteiger partial charge is 0.460 e. The summed E-state index contributed by atoms with van der Waals surface area (Å²) in [7, 11) is -3.65. The molecule has 2 atom stereocenters. The lowest BCUT2D eigenvalue weighted by molar-refractivity contribution is -0.155. The number of halogens is 1. The summed E-state index contributed by atoms with van der Waals surface area (Å²) < 4.78 is 60.5. The maximum absolute atomic E-state index is 13.8. The van der Waals surface area contributed by atoms with E-state index in [0.29, 0.717) is 11.1 Å². The molecule has 2 aromatic carbocycles. The minimum Gasteiger partial charge on any atom is -0.460 e. The van der Waals surface area contributed by atoms with Crippen LogP contribution in [0.4, 0.5) is 4.39 Å². The van der Waals surface area contributed by atoms with E-state index < -0.39 is 60.3 Å². The highest BCUT2D eigenvalue weighted by Gasteiger charge is 2.30. The van der Waals surface area contributed by atoms with Crippen molar-refractivity contribution in [2.45, 2.75) is 70.1 Å². The summed E-state index contributed by atoms with van der Waals surface area (Å²) in [4.78, 5) is 39.9. The molecule has 0 saturated heterocycles. The quantitative estimate of drug-likeness (QED) is 0.248. The Hall–Kier alpha value is -3.48. The molecule has 1 heterocycles. The van der Waals surface area contributed by atoms with E-state index in [1.54, 1.807) is 47.6 Å². The lowest BCUT2D eigenvalue weighted by atomic mass is 9.88. The molecule has 0 aliphatic heterocycles. The van der Waals surface area contributed by atoms with Crippen LogP contribution >= 0.6 is 0 Å². The molecule has 1 aromatic heterocycles. The molecule has 1 N–H and O–H groups in total. The molecule has 238 valence electrons. The van der Waals surface area contributed by atoms with Gasteiger partial charge < -0.3 is 9.30 Å². The smallest absolute Gasteiger partial charge is 0.308 e. The van der Waals surface area contributed by atoms with Crippen LogP contribution in [0.1, 0.15) is 81.1 Å². The van der Waals surface area contributed by atoms with Gasteiger partial charge in [0.15, 0.2) is 15.6 Å². The van der Waals surface area contributed by atoms with E-state index in [4.69, 9.17) is 4.74 Å². The zero-order valence-electron chi connectivity index (χ0n) is 26.2. The number of carbonyl (C=O) groups excluding carboxylic acids is 2. The Morgan fingerprint density at radius 1 is 1.00 bits per heavy atom. The average molecular weight is 647 g/mol. The highest BCUT2D eigenvalue weighted by atomic mass is 32.2. The first-order chi connectivity index (χ1) is 20.1. The predicted molar refractivity (Wildman–Crippen MR) is 170 cm³/mol. The predicted octanol–water partition coefficient (Wildman–Crippen LogP) is 4.79. The van der Waals surface area contributed by atoms with Gasteiger partial charge in [-0.3, -0.25) is 14.4 Å². The number of ketones is 1. The van der Waals surface area contributed by atoms with E-state index in [2.05, 4.69) is 4.72 Å². The van der Waals surface area contributed by atoms with Crippen LogP contribution in [0.5, 0.6) is 0 Å². The summed E-state index contributed by atoms with van der Waals surface area (Å²) in [5.74, 6) is -1.92. The standard InChI is InChI=1S/C32H39FN2O7S2/c1-31(2,3)42-29(37)17-27(34-43(39)32(4,5)6)25-16-28(36)35(7)18-26(25)24-15-20(19-44(8,40)41)9-14-23(24)30(38)21-10-12-22(33)13-11-21/h9-16,18,27,34H,17,19H2,1-8H3/t27-,43-/m0/s1. The third-order valence-electron chi connectivity index (χ3n) is 6.39. The molecule has 3 aromatic rings. The summed E-state index contributed by atoms with van der Waals surface area (Å²) >= 11 is 0. The third kappa shape index (κ3) is 9.51. The maximum atomic E-state index is 13.8. The average Bonchev–Trinajstić information content (AvgIpc) is 2.87. The van der Waals surface area contributed by atoms with Crippen molar-refractivity contribution in [3.8, 4) is 11.1 Å². The van der Waals surface area contributed by atoms with Crippen LogP contribution in [0.3, 0.4) is 0 Å². The van der Waals surface area contributed by atoms with Crippen molar-refractivity contribution in [2.24, 2.45) is 7.05 Å². The number of aryl methyl sites for hydroxylation is 1. The van der Waals surface area contributed by atoms with Gasteiger partial charge in [-0.25, -0.2) is 21.7 Å². The van der Waals surface area contributed by atoms with Crippen LogP contribution < -0.4 is 10.3 Å². The number of hydrogen-bond donors (Lipinski definition) is 1. The van der Waals surface area contributed by atoms with Gasteiger partial charge in [0.25, 0.3) is 5.56 Å². The van der Waals surface area contributed by atoms with Crippen molar-refractivity contribution in [1.82, 2.24) is 9.29 Å². The van der Waals surface area contributed by atoms with Crippen LogP contribution in [-0.4, -0.2) is 45.6 Å². The molecule has 0 unspecified atom stereocenters. The van der Waals surface area contributed by atoms with Crippen molar-refractivity contribution in [2.75, 3.05) is 6.26 Å². The molecule has 9 nitrogen and oxygen atoms in total.